The maximum Gasteiger partial charge on any atom is 0.298 e. The van der Waals surface area contributed by atoms with Gasteiger partial charge in [-0.05, 0) is 37.4 Å². The smallest absolute Gasteiger partial charge is 0.298 e. The second kappa shape index (κ2) is 13.2. The summed E-state index contributed by atoms with van der Waals surface area (Å²) < 4.78 is 37.1. The Bertz CT molecular complexity index is 1800. The highest BCUT2D eigenvalue weighted by Gasteiger charge is 2.38. The van der Waals surface area contributed by atoms with Gasteiger partial charge in [-0.25, -0.2) is 0 Å². The normalized spacial score (nSPS) is 14.3. The van der Waals surface area contributed by atoms with Crippen LogP contribution in [-0.2, 0) is 10.7 Å². The molecule has 5 rings (SSSR count). The number of alkyl halides is 2. The second-order valence-electron chi connectivity index (χ2n) is 10.7. The minimum Gasteiger partial charge on any atom is -0.495 e. The number of carbonyl (C=O) groups excluding carboxylic acids is 3. The Morgan fingerprint density at radius 2 is 1.80 bits per heavy atom. The van der Waals surface area contributed by atoms with Crippen molar-refractivity contribution in [2.24, 2.45) is 0 Å². The van der Waals surface area contributed by atoms with Crippen LogP contribution in [0, 0.1) is 11.3 Å². The van der Waals surface area contributed by atoms with Crippen molar-refractivity contribution in [3.63, 3.8) is 0 Å². The average molecular weight is 628 g/mol. The quantitative estimate of drug-likeness (QED) is 0.271. The van der Waals surface area contributed by atoms with Gasteiger partial charge in [0.2, 0.25) is 5.91 Å². The third kappa shape index (κ3) is 6.15. The summed E-state index contributed by atoms with van der Waals surface area (Å²) in [6, 6.07) is 18.7. The number of likely N-dealkylation sites (N-methyl/N-ethyl adjacent to an activating group) is 2. The molecule has 236 valence electrons. The number of hydrogen-bond acceptors (Lipinski definition) is 7. The highest BCUT2D eigenvalue weighted by atomic mass is 19.3. The van der Waals surface area contributed by atoms with E-state index in [0.29, 0.717) is 11.4 Å². The van der Waals surface area contributed by atoms with Gasteiger partial charge >= 0.3 is 0 Å². The van der Waals surface area contributed by atoms with Gasteiger partial charge in [-0.3, -0.25) is 19.1 Å². The Labute approximate surface area is 264 Å². The number of fused-ring (bicyclic) bond motifs is 1. The van der Waals surface area contributed by atoms with E-state index in [1.165, 1.54) is 82.4 Å². The summed E-state index contributed by atoms with van der Waals surface area (Å²) in [6.45, 7) is 0.347. The molecule has 46 heavy (non-hydrogen) atoms. The Morgan fingerprint density at radius 3 is 2.46 bits per heavy atom. The van der Waals surface area contributed by atoms with Crippen LogP contribution in [0.3, 0.4) is 0 Å². The van der Waals surface area contributed by atoms with Crippen LogP contribution in [0.1, 0.15) is 43.6 Å². The third-order valence-corrected chi connectivity index (χ3v) is 7.73. The van der Waals surface area contributed by atoms with Crippen LogP contribution in [0.15, 0.2) is 79.0 Å². The van der Waals surface area contributed by atoms with Crippen molar-refractivity contribution < 1.29 is 27.9 Å². The Morgan fingerprint density at radius 1 is 1.11 bits per heavy atom. The number of nitrogens with one attached hydrogen (secondary N) is 2. The Kier molecular flexibility index (Phi) is 9.11. The van der Waals surface area contributed by atoms with Gasteiger partial charge < -0.3 is 25.2 Å². The number of aromatic nitrogens is 2. The zero-order valence-corrected chi connectivity index (χ0v) is 25.3. The minimum absolute atomic E-state index is 0.0479. The van der Waals surface area contributed by atoms with Gasteiger partial charge in [-0.1, -0.05) is 42.5 Å². The lowest BCUT2D eigenvalue weighted by molar-refractivity contribution is -0.129. The molecule has 0 bridgehead atoms. The number of methoxy groups -OCH3 is 1. The molecular weight excluding hydrogens is 596 g/mol. The van der Waals surface area contributed by atoms with Crippen molar-refractivity contribution in [2.45, 2.75) is 12.0 Å². The zero-order chi connectivity index (χ0) is 33.0. The molecule has 1 unspecified atom stereocenters. The van der Waals surface area contributed by atoms with Crippen molar-refractivity contribution >= 4 is 29.1 Å². The van der Waals surface area contributed by atoms with Crippen LogP contribution in [0.4, 0.5) is 20.2 Å². The van der Waals surface area contributed by atoms with Gasteiger partial charge in [-0.15, -0.1) is 0 Å². The first-order valence-corrected chi connectivity index (χ1v) is 14.3. The van der Waals surface area contributed by atoms with Gasteiger partial charge in [0.1, 0.15) is 11.8 Å². The van der Waals surface area contributed by atoms with Crippen LogP contribution in [-0.4, -0.2) is 73.2 Å². The molecule has 1 atom stereocenters. The van der Waals surface area contributed by atoms with Crippen molar-refractivity contribution in [3.05, 3.63) is 107 Å². The standard InChI is InChI=1S/C33H31F2N7O4/c1-37-18-29(43)40(2)19-26-20-41(25-12-10-24(11-13-25)33(34,35)23-7-5-4-6-8-23)32(45)30-27(17-38-42(26)30)39-31(44)21-9-14-28(46-3)22(15-21)16-36/h4-15,17,26,37H,18-20H2,1-3H3,(H,39,44). The molecule has 4 aromatic rings. The van der Waals surface area contributed by atoms with Crippen molar-refractivity contribution in [2.75, 3.05) is 51.1 Å². The SMILES string of the molecule is CNCC(=O)N(C)CC1CN(c2ccc(C(F)(F)c3ccccc3)cc2)C(=O)c2c(NC(=O)c3ccc(OC)c(C#N)c3)cnn21. The minimum atomic E-state index is -3.26. The number of ether oxygens (including phenoxy) is 1. The van der Waals surface area contributed by atoms with Crippen molar-refractivity contribution in [1.29, 1.82) is 5.26 Å². The third-order valence-electron chi connectivity index (χ3n) is 7.73. The molecule has 1 aliphatic rings. The van der Waals surface area contributed by atoms with E-state index in [-0.39, 0.29) is 59.2 Å². The van der Waals surface area contributed by atoms with Crippen LogP contribution < -0.4 is 20.3 Å². The number of benzene rings is 3. The summed E-state index contributed by atoms with van der Waals surface area (Å²) in [5.74, 6) is -4.25. The number of halogens is 2. The van der Waals surface area contributed by atoms with Gasteiger partial charge in [0.25, 0.3) is 17.7 Å². The lowest BCUT2D eigenvalue weighted by atomic mass is 10.00. The lowest BCUT2D eigenvalue weighted by Crippen LogP contribution is -2.48. The van der Waals surface area contributed by atoms with Crippen LogP contribution in [0.25, 0.3) is 0 Å². The zero-order valence-electron chi connectivity index (χ0n) is 25.3. The van der Waals surface area contributed by atoms with E-state index in [0.717, 1.165) is 0 Å². The molecule has 11 nitrogen and oxygen atoms in total. The molecule has 2 heterocycles. The van der Waals surface area contributed by atoms with E-state index in [1.807, 2.05) is 6.07 Å². The van der Waals surface area contributed by atoms with E-state index >= 15 is 8.78 Å². The molecule has 3 amide bonds. The first-order chi connectivity index (χ1) is 22.1. The largest absolute Gasteiger partial charge is 0.495 e. The van der Waals surface area contributed by atoms with Crippen LogP contribution in [0.2, 0.25) is 0 Å². The fourth-order valence-corrected chi connectivity index (χ4v) is 5.30. The van der Waals surface area contributed by atoms with Gasteiger partial charge in [0.15, 0.2) is 5.69 Å². The molecule has 0 spiro atoms. The van der Waals surface area contributed by atoms with Gasteiger partial charge in [0.05, 0.1) is 43.7 Å². The number of hydrogen-bond donors (Lipinski definition) is 2. The predicted octanol–water partition coefficient (Wildman–Crippen LogP) is 4.04. The Hall–Kier alpha value is -5.61. The molecular formula is C33H31F2N7O4. The number of carbonyl (C=O) groups is 3. The lowest BCUT2D eigenvalue weighted by Gasteiger charge is -2.36. The Balaban J connectivity index is 1.48. The van der Waals surface area contributed by atoms with E-state index in [2.05, 4.69) is 15.7 Å². The van der Waals surface area contributed by atoms with E-state index < -0.39 is 23.8 Å². The predicted molar refractivity (Wildman–Crippen MR) is 166 cm³/mol. The summed E-state index contributed by atoms with van der Waals surface area (Å²) in [7, 11) is 4.69. The van der Waals surface area contributed by atoms with E-state index in [4.69, 9.17) is 4.74 Å². The summed E-state index contributed by atoms with van der Waals surface area (Å²) in [4.78, 5) is 42.7. The van der Waals surface area contributed by atoms with Crippen molar-refractivity contribution in [3.8, 4) is 11.8 Å². The highest BCUT2D eigenvalue weighted by Crippen LogP contribution is 2.37. The van der Waals surface area contributed by atoms with Crippen LogP contribution in [0.5, 0.6) is 5.75 Å². The fourth-order valence-electron chi connectivity index (χ4n) is 5.30. The van der Waals surface area contributed by atoms with Gasteiger partial charge in [0, 0.05) is 36.0 Å². The fraction of sp³-hybridized carbons (Fsp3) is 0.242. The molecule has 0 fully saturated rings. The second-order valence-corrected chi connectivity index (χ2v) is 10.7. The van der Waals surface area contributed by atoms with E-state index in [9.17, 15) is 19.6 Å². The first-order valence-electron chi connectivity index (χ1n) is 14.3. The summed E-state index contributed by atoms with van der Waals surface area (Å²) >= 11 is 0. The molecule has 1 aromatic heterocycles. The number of nitriles is 1. The number of amides is 3. The first kappa shape index (κ1) is 31.8. The maximum absolute atomic E-state index is 15.2. The molecule has 3 aromatic carbocycles. The van der Waals surface area contributed by atoms with Gasteiger partial charge in [-0.2, -0.15) is 19.1 Å². The molecule has 13 heteroatoms. The van der Waals surface area contributed by atoms with Crippen LogP contribution >= 0.6 is 0 Å². The average Bonchev–Trinajstić information content (AvgIpc) is 3.50. The number of nitrogens with zero attached hydrogens (tertiary/aromatic N) is 5. The molecule has 0 saturated heterocycles. The molecule has 0 saturated carbocycles. The molecule has 0 aliphatic carbocycles. The summed E-state index contributed by atoms with van der Waals surface area (Å²) in [6.07, 6.45) is 1.34. The molecule has 1 aliphatic heterocycles. The number of rotatable bonds is 10. The summed E-state index contributed by atoms with van der Waals surface area (Å²) in [5.41, 5.74) is 0.420. The van der Waals surface area contributed by atoms with Crippen molar-refractivity contribution in [1.82, 2.24) is 20.0 Å². The highest BCUT2D eigenvalue weighted by molar-refractivity contribution is 6.13. The molecule has 0 radical (unpaired) electrons. The summed E-state index contributed by atoms with van der Waals surface area (Å²) in [5, 5.41) is 19.4. The number of anilines is 2. The monoisotopic (exact) mass is 627 g/mol. The topological polar surface area (TPSA) is 133 Å². The molecule has 2 N–H and O–H groups in total. The maximum atomic E-state index is 15.2. The van der Waals surface area contributed by atoms with E-state index in [1.54, 1.807) is 32.3 Å².